The maximum Gasteiger partial charge on any atom is 0.273 e. The van der Waals surface area contributed by atoms with Gasteiger partial charge in [-0.3, -0.25) is 4.79 Å². The lowest BCUT2D eigenvalue weighted by atomic mass is 10.1. The van der Waals surface area contributed by atoms with Gasteiger partial charge in [0, 0.05) is 23.0 Å². The molecule has 2 N–H and O–H groups in total. The third-order valence-electron chi connectivity index (χ3n) is 3.02. The molecule has 0 aliphatic rings. The van der Waals surface area contributed by atoms with E-state index in [1.807, 2.05) is 19.9 Å². The van der Waals surface area contributed by atoms with Gasteiger partial charge in [0.05, 0.1) is 6.10 Å². The molecule has 5 nitrogen and oxygen atoms in total. The number of carbonyl (C=O) groups excluding carboxylic acids is 1. The molecule has 1 aromatic carbocycles. The lowest BCUT2D eigenvalue weighted by Crippen LogP contribution is -2.31. The summed E-state index contributed by atoms with van der Waals surface area (Å²) in [6, 6.07) is 7.10. The van der Waals surface area contributed by atoms with Crippen LogP contribution in [0.3, 0.4) is 0 Å². The number of hydrogen-bond donors (Lipinski definition) is 2. The van der Waals surface area contributed by atoms with Crippen molar-refractivity contribution in [3.8, 4) is 11.5 Å². The van der Waals surface area contributed by atoms with E-state index >= 15 is 0 Å². The van der Waals surface area contributed by atoms with Crippen molar-refractivity contribution in [3.05, 3.63) is 40.7 Å². The SMILES string of the molecule is CC(O)CNC(=O)c1nc(-c2cccc(Cl)c2)oc1C(C)C. The predicted molar refractivity (Wildman–Crippen MR) is 85.1 cm³/mol. The minimum Gasteiger partial charge on any atom is -0.440 e. The Balaban J connectivity index is 2.35. The van der Waals surface area contributed by atoms with Gasteiger partial charge in [0.1, 0.15) is 5.76 Å². The number of aliphatic hydroxyl groups is 1. The van der Waals surface area contributed by atoms with Crippen molar-refractivity contribution in [3.63, 3.8) is 0 Å². The third-order valence-corrected chi connectivity index (χ3v) is 3.26. The fourth-order valence-corrected chi connectivity index (χ4v) is 2.15. The zero-order valence-electron chi connectivity index (χ0n) is 12.8. The molecule has 0 saturated carbocycles. The lowest BCUT2D eigenvalue weighted by molar-refractivity contribution is 0.0917. The van der Waals surface area contributed by atoms with Crippen LogP contribution in [0.25, 0.3) is 11.5 Å². The lowest BCUT2D eigenvalue weighted by Gasteiger charge is -2.07. The van der Waals surface area contributed by atoms with Crippen LogP contribution in [0, 0.1) is 0 Å². The van der Waals surface area contributed by atoms with Crippen molar-refractivity contribution in [2.45, 2.75) is 32.8 Å². The van der Waals surface area contributed by atoms with E-state index in [-0.39, 0.29) is 24.1 Å². The highest BCUT2D eigenvalue weighted by Gasteiger charge is 2.23. The summed E-state index contributed by atoms with van der Waals surface area (Å²) in [5.74, 6) is 0.515. The van der Waals surface area contributed by atoms with Crippen LogP contribution >= 0.6 is 11.6 Å². The number of nitrogens with zero attached hydrogens (tertiary/aromatic N) is 1. The number of oxazole rings is 1. The zero-order valence-corrected chi connectivity index (χ0v) is 13.5. The maximum atomic E-state index is 12.2. The third kappa shape index (κ3) is 3.87. The van der Waals surface area contributed by atoms with Crippen LogP contribution in [0.1, 0.15) is 42.9 Å². The second kappa shape index (κ2) is 6.94. The van der Waals surface area contributed by atoms with Crippen molar-refractivity contribution in [1.82, 2.24) is 10.3 Å². The van der Waals surface area contributed by atoms with Crippen molar-refractivity contribution in [2.24, 2.45) is 0 Å². The van der Waals surface area contributed by atoms with E-state index < -0.39 is 6.10 Å². The minimum atomic E-state index is -0.620. The van der Waals surface area contributed by atoms with E-state index in [0.717, 1.165) is 0 Å². The average molecular weight is 323 g/mol. The molecule has 1 heterocycles. The largest absolute Gasteiger partial charge is 0.440 e. The topological polar surface area (TPSA) is 75.4 Å². The molecule has 0 aliphatic carbocycles. The fraction of sp³-hybridized carbons (Fsp3) is 0.375. The Hall–Kier alpha value is -1.85. The first-order valence-corrected chi connectivity index (χ1v) is 7.49. The van der Waals surface area contributed by atoms with Crippen LogP contribution in [0.15, 0.2) is 28.7 Å². The number of aliphatic hydroxyl groups excluding tert-OH is 1. The van der Waals surface area contributed by atoms with E-state index in [9.17, 15) is 9.90 Å². The van der Waals surface area contributed by atoms with E-state index in [4.69, 9.17) is 16.0 Å². The number of carbonyl (C=O) groups is 1. The summed E-state index contributed by atoms with van der Waals surface area (Å²) >= 11 is 5.97. The zero-order chi connectivity index (χ0) is 16.3. The van der Waals surface area contributed by atoms with Crippen LogP contribution in [-0.4, -0.2) is 28.6 Å². The standard InChI is InChI=1S/C16H19ClN2O3/c1-9(2)14-13(15(21)18-8-10(3)20)19-16(22-14)11-5-4-6-12(17)7-11/h4-7,9-10,20H,8H2,1-3H3,(H,18,21). The summed E-state index contributed by atoms with van der Waals surface area (Å²) in [7, 11) is 0. The Morgan fingerprint density at radius 2 is 2.14 bits per heavy atom. The van der Waals surface area contributed by atoms with E-state index in [1.165, 1.54) is 0 Å². The van der Waals surface area contributed by atoms with E-state index in [1.54, 1.807) is 25.1 Å². The van der Waals surface area contributed by atoms with Gasteiger partial charge in [-0.25, -0.2) is 4.98 Å². The monoisotopic (exact) mass is 322 g/mol. The molecule has 0 aliphatic heterocycles. The molecule has 1 unspecified atom stereocenters. The maximum absolute atomic E-state index is 12.2. The van der Waals surface area contributed by atoms with Crippen molar-refractivity contribution in [1.29, 1.82) is 0 Å². The highest BCUT2D eigenvalue weighted by Crippen LogP contribution is 2.28. The van der Waals surface area contributed by atoms with Crippen LogP contribution in [0.4, 0.5) is 0 Å². The summed E-state index contributed by atoms with van der Waals surface area (Å²) in [5.41, 5.74) is 0.953. The molecule has 22 heavy (non-hydrogen) atoms. The number of amides is 1. The number of nitrogens with one attached hydrogen (secondary N) is 1. The average Bonchev–Trinajstić information content (AvgIpc) is 2.90. The number of halogens is 1. The van der Waals surface area contributed by atoms with Gasteiger partial charge in [0.15, 0.2) is 5.69 Å². The smallest absolute Gasteiger partial charge is 0.273 e. The first-order valence-electron chi connectivity index (χ1n) is 7.11. The molecule has 1 atom stereocenters. The van der Waals surface area contributed by atoms with Gasteiger partial charge in [0.25, 0.3) is 5.91 Å². The van der Waals surface area contributed by atoms with Gasteiger partial charge in [-0.05, 0) is 25.1 Å². The summed E-state index contributed by atoms with van der Waals surface area (Å²) < 4.78 is 5.75. The molecular formula is C16H19ClN2O3. The van der Waals surface area contributed by atoms with E-state index in [0.29, 0.717) is 22.2 Å². The molecule has 1 amide bonds. The summed E-state index contributed by atoms with van der Waals surface area (Å²) in [5, 5.41) is 12.5. The normalized spacial score (nSPS) is 12.5. The molecule has 1 aromatic heterocycles. The Bertz CT molecular complexity index is 665. The van der Waals surface area contributed by atoms with Crippen LogP contribution in [-0.2, 0) is 0 Å². The molecule has 0 saturated heterocycles. The Morgan fingerprint density at radius 1 is 1.41 bits per heavy atom. The molecule has 0 bridgehead atoms. The van der Waals surface area contributed by atoms with E-state index in [2.05, 4.69) is 10.3 Å². The van der Waals surface area contributed by atoms with Crippen LogP contribution in [0.5, 0.6) is 0 Å². The van der Waals surface area contributed by atoms with Gasteiger partial charge >= 0.3 is 0 Å². The highest BCUT2D eigenvalue weighted by atomic mass is 35.5. The number of aromatic nitrogens is 1. The van der Waals surface area contributed by atoms with Crippen LogP contribution in [0.2, 0.25) is 5.02 Å². The molecule has 0 radical (unpaired) electrons. The molecular weight excluding hydrogens is 304 g/mol. The van der Waals surface area contributed by atoms with Gasteiger partial charge in [0.2, 0.25) is 5.89 Å². The summed E-state index contributed by atoms with van der Waals surface area (Å²) in [4.78, 5) is 16.5. The molecule has 118 valence electrons. The van der Waals surface area contributed by atoms with Crippen molar-refractivity contribution in [2.75, 3.05) is 6.54 Å². The Morgan fingerprint density at radius 3 is 2.73 bits per heavy atom. The quantitative estimate of drug-likeness (QED) is 0.886. The highest BCUT2D eigenvalue weighted by molar-refractivity contribution is 6.30. The summed E-state index contributed by atoms with van der Waals surface area (Å²) in [6.07, 6.45) is -0.620. The number of benzene rings is 1. The Kier molecular flexibility index (Phi) is 5.21. The Labute approximate surface area is 134 Å². The minimum absolute atomic E-state index is 0.00716. The summed E-state index contributed by atoms with van der Waals surface area (Å²) in [6.45, 7) is 5.61. The van der Waals surface area contributed by atoms with Crippen LogP contribution < -0.4 is 5.32 Å². The molecule has 0 fully saturated rings. The van der Waals surface area contributed by atoms with Gasteiger partial charge in [-0.2, -0.15) is 0 Å². The van der Waals surface area contributed by atoms with Gasteiger partial charge in [-0.15, -0.1) is 0 Å². The first-order chi connectivity index (χ1) is 10.4. The molecule has 6 heteroatoms. The van der Waals surface area contributed by atoms with Gasteiger partial charge < -0.3 is 14.8 Å². The number of rotatable bonds is 5. The predicted octanol–water partition coefficient (Wildman–Crippen LogP) is 3.23. The second-order valence-electron chi connectivity index (χ2n) is 5.46. The number of hydrogen-bond acceptors (Lipinski definition) is 4. The molecule has 2 rings (SSSR count). The fourth-order valence-electron chi connectivity index (χ4n) is 1.96. The first kappa shape index (κ1) is 16.5. The molecule has 2 aromatic rings. The van der Waals surface area contributed by atoms with Gasteiger partial charge in [-0.1, -0.05) is 31.5 Å². The van der Waals surface area contributed by atoms with Crippen molar-refractivity contribution >= 4 is 17.5 Å². The second-order valence-corrected chi connectivity index (χ2v) is 5.89. The molecule has 0 spiro atoms. The van der Waals surface area contributed by atoms with Crippen molar-refractivity contribution < 1.29 is 14.3 Å².